The van der Waals surface area contributed by atoms with Crippen LogP contribution in [-0.2, 0) is 6.42 Å². The highest BCUT2D eigenvalue weighted by molar-refractivity contribution is 7.15. The van der Waals surface area contributed by atoms with Gasteiger partial charge in [0.1, 0.15) is 22.3 Å². The van der Waals surface area contributed by atoms with E-state index in [-0.39, 0.29) is 11.9 Å². The largest absolute Gasteiger partial charge is 0.497 e. The molecule has 1 atom stereocenters. The smallest absolute Gasteiger partial charge is 0.206 e. The van der Waals surface area contributed by atoms with Gasteiger partial charge in [0.15, 0.2) is 0 Å². The van der Waals surface area contributed by atoms with Crippen molar-refractivity contribution in [1.82, 2.24) is 10.2 Å². The fraction of sp³-hybridized carbons (Fsp3) is 0.263. The number of rotatable bonds is 7. The van der Waals surface area contributed by atoms with E-state index in [1.807, 2.05) is 25.1 Å². The molecule has 26 heavy (non-hydrogen) atoms. The SMILES string of the molecule is COc1ccc(OC)c(C(C)Nc2nnc(Cc3ccc(F)cc3)s2)c1. The number of hydrogen-bond donors (Lipinski definition) is 1. The van der Waals surface area contributed by atoms with Gasteiger partial charge in [0.05, 0.1) is 20.3 Å². The van der Waals surface area contributed by atoms with Crippen LogP contribution in [0.15, 0.2) is 42.5 Å². The molecule has 5 nitrogen and oxygen atoms in total. The van der Waals surface area contributed by atoms with Gasteiger partial charge < -0.3 is 14.8 Å². The van der Waals surface area contributed by atoms with Crippen molar-refractivity contribution in [3.8, 4) is 11.5 Å². The van der Waals surface area contributed by atoms with Crippen molar-refractivity contribution in [3.05, 3.63) is 64.4 Å². The van der Waals surface area contributed by atoms with Gasteiger partial charge in [-0.3, -0.25) is 0 Å². The summed E-state index contributed by atoms with van der Waals surface area (Å²) in [5.74, 6) is 1.31. The lowest BCUT2D eigenvalue weighted by molar-refractivity contribution is 0.397. The summed E-state index contributed by atoms with van der Waals surface area (Å²) in [6.45, 7) is 2.03. The van der Waals surface area contributed by atoms with Crippen LogP contribution in [0.25, 0.3) is 0 Å². The van der Waals surface area contributed by atoms with Crippen molar-refractivity contribution in [2.75, 3.05) is 19.5 Å². The molecule has 0 saturated heterocycles. The molecule has 7 heteroatoms. The Hall–Kier alpha value is -2.67. The molecule has 136 valence electrons. The summed E-state index contributed by atoms with van der Waals surface area (Å²) in [5, 5.41) is 13.4. The van der Waals surface area contributed by atoms with Gasteiger partial charge in [0.2, 0.25) is 5.13 Å². The van der Waals surface area contributed by atoms with Crippen molar-refractivity contribution < 1.29 is 13.9 Å². The molecule has 0 aliphatic carbocycles. The van der Waals surface area contributed by atoms with Crippen molar-refractivity contribution in [1.29, 1.82) is 0 Å². The first kappa shape index (κ1) is 18.1. The van der Waals surface area contributed by atoms with Crippen molar-refractivity contribution >= 4 is 16.5 Å². The number of nitrogens with zero attached hydrogens (tertiary/aromatic N) is 2. The van der Waals surface area contributed by atoms with E-state index in [4.69, 9.17) is 9.47 Å². The van der Waals surface area contributed by atoms with Gasteiger partial charge in [-0.25, -0.2) is 4.39 Å². The summed E-state index contributed by atoms with van der Waals surface area (Å²) in [6, 6.07) is 12.1. The number of anilines is 1. The number of ether oxygens (including phenoxy) is 2. The zero-order valence-corrected chi connectivity index (χ0v) is 15.6. The van der Waals surface area contributed by atoms with E-state index in [2.05, 4.69) is 15.5 Å². The number of nitrogens with one attached hydrogen (secondary N) is 1. The second-order valence-corrected chi connectivity index (χ2v) is 6.84. The van der Waals surface area contributed by atoms with E-state index in [1.165, 1.54) is 23.5 Å². The highest BCUT2D eigenvalue weighted by atomic mass is 32.1. The quantitative estimate of drug-likeness (QED) is 0.663. The van der Waals surface area contributed by atoms with E-state index in [9.17, 15) is 4.39 Å². The number of halogens is 1. The summed E-state index contributed by atoms with van der Waals surface area (Å²) in [7, 11) is 3.28. The third-order valence-corrected chi connectivity index (χ3v) is 4.83. The van der Waals surface area contributed by atoms with Gasteiger partial charge in [0.25, 0.3) is 0 Å². The first-order valence-electron chi connectivity index (χ1n) is 8.14. The Bertz CT molecular complexity index is 867. The fourth-order valence-electron chi connectivity index (χ4n) is 2.60. The van der Waals surface area contributed by atoms with Crippen LogP contribution >= 0.6 is 11.3 Å². The van der Waals surface area contributed by atoms with Crippen LogP contribution in [0.3, 0.4) is 0 Å². The molecule has 1 unspecified atom stereocenters. The molecule has 1 aromatic heterocycles. The molecule has 0 amide bonds. The average Bonchev–Trinajstić information content (AvgIpc) is 3.09. The molecule has 3 aromatic rings. The van der Waals surface area contributed by atoms with Gasteiger partial charge >= 0.3 is 0 Å². The van der Waals surface area contributed by atoms with Gasteiger partial charge in [-0.05, 0) is 42.8 Å². The third-order valence-electron chi connectivity index (χ3n) is 3.98. The maximum atomic E-state index is 13.0. The van der Waals surface area contributed by atoms with Crippen LogP contribution in [0.2, 0.25) is 0 Å². The minimum Gasteiger partial charge on any atom is -0.497 e. The molecule has 1 N–H and O–H groups in total. The minimum absolute atomic E-state index is 0.0355. The maximum Gasteiger partial charge on any atom is 0.206 e. The lowest BCUT2D eigenvalue weighted by Crippen LogP contribution is -2.08. The predicted molar refractivity (Wildman–Crippen MR) is 101 cm³/mol. The van der Waals surface area contributed by atoms with E-state index in [0.29, 0.717) is 6.42 Å². The Labute approximate surface area is 155 Å². The number of hydrogen-bond acceptors (Lipinski definition) is 6. The Morgan fingerprint density at radius 3 is 2.54 bits per heavy atom. The van der Waals surface area contributed by atoms with Crippen LogP contribution in [0.5, 0.6) is 11.5 Å². The Morgan fingerprint density at radius 1 is 1.08 bits per heavy atom. The molecular formula is C19H20FN3O2S. The van der Waals surface area contributed by atoms with Crippen molar-refractivity contribution in [2.24, 2.45) is 0 Å². The number of benzene rings is 2. The molecule has 1 heterocycles. The average molecular weight is 373 g/mol. The van der Waals surface area contributed by atoms with Crippen LogP contribution in [0, 0.1) is 5.82 Å². The molecule has 0 saturated carbocycles. The molecular weight excluding hydrogens is 353 g/mol. The van der Waals surface area contributed by atoms with Gasteiger partial charge in [-0.1, -0.05) is 23.5 Å². The lowest BCUT2D eigenvalue weighted by Gasteiger charge is -2.17. The third kappa shape index (κ3) is 4.29. The summed E-state index contributed by atoms with van der Waals surface area (Å²) in [6.07, 6.45) is 0.622. The topological polar surface area (TPSA) is 56.3 Å². The number of aromatic nitrogens is 2. The predicted octanol–water partition coefficient (Wildman–Crippen LogP) is 4.46. The second-order valence-electron chi connectivity index (χ2n) is 5.78. The van der Waals surface area contributed by atoms with Crippen molar-refractivity contribution in [3.63, 3.8) is 0 Å². The summed E-state index contributed by atoms with van der Waals surface area (Å²) in [5.41, 5.74) is 1.97. The van der Waals surface area contributed by atoms with E-state index < -0.39 is 0 Å². The number of methoxy groups -OCH3 is 2. The summed E-state index contributed by atoms with van der Waals surface area (Å²) in [4.78, 5) is 0. The standard InChI is InChI=1S/C19H20FN3O2S/c1-12(16-11-15(24-2)8-9-17(16)25-3)21-19-23-22-18(26-19)10-13-4-6-14(20)7-5-13/h4-9,11-12H,10H2,1-3H3,(H,21,23). The lowest BCUT2D eigenvalue weighted by atomic mass is 10.1. The zero-order valence-electron chi connectivity index (χ0n) is 14.8. The highest BCUT2D eigenvalue weighted by Crippen LogP contribution is 2.32. The Balaban J connectivity index is 1.71. The minimum atomic E-state index is -0.241. The molecule has 0 radical (unpaired) electrons. The monoisotopic (exact) mass is 373 g/mol. The van der Waals surface area contributed by atoms with Crippen LogP contribution < -0.4 is 14.8 Å². The van der Waals surface area contributed by atoms with E-state index in [0.717, 1.165) is 32.8 Å². The second kappa shape index (κ2) is 8.14. The van der Waals surface area contributed by atoms with Gasteiger partial charge in [-0.15, -0.1) is 10.2 Å². The summed E-state index contributed by atoms with van der Waals surface area (Å²) >= 11 is 1.48. The fourth-order valence-corrected chi connectivity index (χ4v) is 3.46. The Kier molecular flexibility index (Phi) is 5.68. The van der Waals surface area contributed by atoms with Crippen molar-refractivity contribution in [2.45, 2.75) is 19.4 Å². The van der Waals surface area contributed by atoms with E-state index >= 15 is 0 Å². The van der Waals surface area contributed by atoms with E-state index in [1.54, 1.807) is 26.4 Å². The normalized spacial score (nSPS) is 11.8. The zero-order chi connectivity index (χ0) is 18.5. The molecule has 2 aromatic carbocycles. The van der Waals surface area contributed by atoms with Crippen LogP contribution in [0.1, 0.15) is 29.1 Å². The molecule has 0 spiro atoms. The molecule has 0 aliphatic rings. The first-order chi connectivity index (χ1) is 12.6. The maximum absolute atomic E-state index is 13.0. The van der Waals surface area contributed by atoms with Crippen LogP contribution in [0.4, 0.5) is 9.52 Å². The molecule has 0 bridgehead atoms. The van der Waals surface area contributed by atoms with Gasteiger partial charge in [-0.2, -0.15) is 0 Å². The molecule has 3 rings (SSSR count). The molecule has 0 aliphatic heterocycles. The molecule has 0 fully saturated rings. The van der Waals surface area contributed by atoms with Crippen LogP contribution in [-0.4, -0.2) is 24.4 Å². The highest BCUT2D eigenvalue weighted by Gasteiger charge is 2.15. The van der Waals surface area contributed by atoms with Gasteiger partial charge in [0, 0.05) is 12.0 Å². The summed E-state index contributed by atoms with van der Waals surface area (Å²) < 4.78 is 23.7. The first-order valence-corrected chi connectivity index (χ1v) is 8.96. The Morgan fingerprint density at radius 2 is 1.85 bits per heavy atom.